The molecule has 0 aliphatic carbocycles. The lowest BCUT2D eigenvalue weighted by Gasteiger charge is -2.34. The topological polar surface area (TPSA) is 126 Å². The molecule has 1 aliphatic rings. The van der Waals surface area contributed by atoms with Gasteiger partial charge >= 0.3 is 0 Å². The van der Waals surface area contributed by atoms with Crippen molar-refractivity contribution in [1.29, 1.82) is 0 Å². The number of nitrogens with one attached hydrogen (secondary N) is 1. The van der Waals surface area contributed by atoms with Gasteiger partial charge in [-0.3, -0.25) is 4.79 Å². The molecule has 2 heterocycles. The second-order valence-electron chi connectivity index (χ2n) is 7.02. The van der Waals surface area contributed by atoms with Gasteiger partial charge in [0.15, 0.2) is 5.03 Å². The molecule has 146 valence electrons. The lowest BCUT2D eigenvalue weighted by Crippen LogP contribution is -2.56. The number of nitrogens with zero attached hydrogens (tertiary/aromatic N) is 2. The van der Waals surface area contributed by atoms with Crippen LogP contribution in [0.25, 0.3) is 0 Å². The molecule has 0 aromatic carbocycles. The molecule has 3 atom stereocenters. The summed E-state index contributed by atoms with van der Waals surface area (Å²) in [5.74, 6) is -0.565. The highest BCUT2D eigenvalue weighted by Gasteiger charge is 2.42. The molecule has 1 saturated heterocycles. The van der Waals surface area contributed by atoms with E-state index < -0.39 is 34.1 Å². The van der Waals surface area contributed by atoms with Gasteiger partial charge in [-0.2, -0.15) is 8.42 Å². The normalized spacial score (nSPS) is 22.7. The summed E-state index contributed by atoms with van der Waals surface area (Å²) < 4.78 is 27.1. The molecule has 1 aromatic heterocycles. The number of hydrogen-bond acceptors (Lipinski definition) is 7. The van der Waals surface area contributed by atoms with Crippen LogP contribution in [-0.4, -0.2) is 60.0 Å². The average Bonchev–Trinajstić information content (AvgIpc) is 2.80. The maximum Gasteiger partial charge on any atom is 0.284 e. The summed E-state index contributed by atoms with van der Waals surface area (Å²) in [5.41, 5.74) is 6.01. The van der Waals surface area contributed by atoms with Gasteiger partial charge in [0.2, 0.25) is 0 Å². The van der Waals surface area contributed by atoms with E-state index in [2.05, 4.69) is 10.3 Å². The summed E-state index contributed by atoms with van der Waals surface area (Å²) in [6.45, 7) is 4.69. The molecule has 1 fully saturated rings. The maximum atomic E-state index is 13.2. The molecule has 0 spiro atoms. The molecule has 0 radical (unpaired) electrons. The van der Waals surface area contributed by atoms with Crippen LogP contribution in [0, 0.1) is 5.92 Å². The van der Waals surface area contributed by atoms with Crippen molar-refractivity contribution in [1.82, 2.24) is 14.6 Å². The van der Waals surface area contributed by atoms with Crippen molar-refractivity contribution >= 4 is 15.9 Å². The van der Waals surface area contributed by atoms with Gasteiger partial charge in [0.05, 0.1) is 18.2 Å². The number of nitrogens with two attached hydrogens (primary N) is 1. The van der Waals surface area contributed by atoms with Crippen molar-refractivity contribution in [3.05, 3.63) is 24.4 Å². The third-order valence-electron chi connectivity index (χ3n) is 4.37. The predicted molar refractivity (Wildman–Crippen MR) is 97.6 cm³/mol. The van der Waals surface area contributed by atoms with Crippen LogP contribution in [0.1, 0.15) is 33.1 Å². The minimum Gasteiger partial charge on any atom is -0.390 e. The SMILES string of the molecule is CC(C)C[C@H](N)C(=O)N(C1CCCNCC1O)S(=O)(=O)c1ccccn1. The maximum absolute atomic E-state index is 13.2. The van der Waals surface area contributed by atoms with Crippen LogP contribution < -0.4 is 11.1 Å². The van der Waals surface area contributed by atoms with E-state index in [0.717, 1.165) is 4.31 Å². The number of aliphatic hydroxyl groups is 1. The van der Waals surface area contributed by atoms with Gasteiger partial charge in [0.25, 0.3) is 15.9 Å². The number of aliphatic hydroxyl groups excluding tert-OH is 1. The number of amides is 1. The van der Waals surface area contributed by atoms with Crippen LogP contribution in [0.5, 0.6) is 0 Å². The molecule has 1 aliphatic heterocycles. The number of rotatable bonds is 6. The highest BCUT2D eigenvalue weighted by Crippen LogP contribution is 2.24. The zero-order valence-corrected chi connectivity index (χ0v) is 16.0. The molecule has 2 rings (SSSR count). The molecule has 0 saturated carbocycles. The minimum atomic E-state index is -4.22. The molecule has 0 bridgehead atoms. The molecular weight excluding hydrogens is 356 g/mol. The first-order valence-corrected chi connectivity index (χ1v) is 10.3. The molecule has 26 heavy (non-hydrogen) atoms. The van der Waals surface area contributed by atoms with E-state index >= 15 is 0 Å². The van der Waals surface area contributed by atoms with Crippen LogP contribution in [0.15, 0.2) is 29.4 Å². The lowest BCUT2D eigenvalue weighted by atomic mass is 10.0. The first-order chi connectivity index (χ1) is 12.2. The summed E-state index contributed by atoms with van der Waals surface area (Å²) in [6.07, 6.45) is 1.71. The number of β-amino-alcohol motifs (C(OH)–C–C–N with tert-alkyl or cyclic N) is 1. The van der Waals surface area contributed by atoms with Crippen molar-refractivity contribution in [2.24, 2.45) is 11.7 Å². The third kappa shape index (κ3) is 4.79. The van der Waals surface area contributed by atoms with Gasteiger partial charge in [-0.1, -0.05) is 19.9 Å². The molecule has 8 nitrogen and oxygen atoms in total. The van der Waals surface area contributed by atoms with Crippen LogP contribution in [0.2, 0.25) is 0 Å². The Balaban J connectivity index is 2.45. The molecule has 1 aromatic rings. The van der Waals surface area contributed by atoms with E-state index in [1.54, 1.807) is 12.1 Å². The Morgan fingerprint density at radius 2 is 2.19 bits per heavy atom. The summed E-state index contributed by atoms with van der Waals surface area (Å²) in [7, 11) is -4.22. The number of hydrogen-bond donors (Lipinski definition) is 3. The highest BCUT2D eigenvalue weighted by molar-refractivity contribution is 7.89. The van der Waals surface area contributed by atoms with Gasteiger partial charge in [0.1, 0.15) is 0 Å². The Morgan fingerprint density at radius 1 is 1.46 bits per heavy atom. The van der Waals surface area contributed by atoms with Gasteiger partial charge in [-0.15, -0.1) is 0 Å². The monoisotopic (exact) mass is 384 g/mol. The first kappa shape index (κ1) is 20.8. The zero-order chi connectivity index (χ0) is 19.3. The van der Waals surface area contributed by atoms with Crippen LogP contribution in [0.4, 0.5) is 0 Å². The fourth-order valence-corrected chi connectivity index (χ4v) is 4.74. The van der Waals surface area contributed by atoms with E-state index in [-0.39, 0.29) is 17.5 Å². The van der Waals surface area contributed by atoms with Crippen molar-refractivity contribution in [2.45, 2.75) is 56.3 Å². The molecule has 2 unspecified atom stereocenters. The van der Waals surface area contributed by atoms with E-state index in [1.807, 2.05) is 13.8 Å². The van der Waals surface area contributed by atoms with E-state index in [4.69, 9.17) is 5.73 Å². The smallest absolute Gasteiger partial charge is 0.284 e. The Kier molecular flexibility index (Phi) is 7.10. The van der Waals surface area contributed by atoms with Gasteiger partial charge in [0, 0.05) is 12.7 Å². The van der Waals surface area contributed by atoms with Gasteiger partial charge in [-0.25, -0.2) is 9.29 Å². The van der Waals surface area contributed by atoms with Crippen LogP contribution in [0.3, 0.4) is 0 Å². The fraction of sp³-hybridized carbons (Fsp3) is 0.647. The van der Waals surface area contributed by atoms with Crippen LogP contribution in [-0.2, 0) is 14.8 Å². The number of pyridine rings is 1. The van der Waals surface area contributed by atoms with E-state index in [0.29, 0.717) is 25.8 Å². The van der Waals surface area contributed by atoms with Gasteiger partial charge < -0.3 is 16.2 Å². The van der Waals surface area contributed by atoms with Crippen molar-refractivity contribution < 1.29 is 18.3 Å². The zero-order valence-electron chi connectivity index (χ0n) is 15.2. The van der Waals surface area contributed by atoms with E-state index in [9.17, 15) is 18.3 Å². The largest absolute Gasteiger partial charge is 0.390 e. The highest BCUT2D eigenvalue weighted by atomic mass is 32.2. The lowest BCUT2D eigenvalue weighted by molar-refractivity contribution is -0.131. The number of aromatic nitrogens is 1. The predicted octanol–water partition coefficient (Wildman–Crippen LogP) is 0.0852. The summed E-state index contributed by atoms with van der Waals surface area (Å²) in [4.78, 5) is 16.9. The summed E-state index contributed by atoms with van der Waals surface area (Å²) in [5, 5.41) is 13.3. The summed E-state index contributed by atoms with van der Waals surface area (Å²) >= 11 is 0. The van der Waals surface area contributed by atoms with Crippen molar-refractivity contribution in [3.8, 4) is 0 Å². The Labute approximate surface area is 154 Å². The second-order valence-corrected chi connectivity index (χ2v) is 8.79. The standard InChI is InChI=1S/C17H28N4O4S/c1-12(2)10-13(18)17(23)21(14-6-5-8-19-11-15(14)22)26(24,25)16-7-3-4-9-20-16/h3-4,7,9,12-15,19,22H,5-6,8,10-11,18H2,1-2H3/t13-,14?,15?/m0/s1. The Bertz CT molecular complexity index is 696. The number of carbonyl (C=O) groups excluding carboxylic acids is 1. The fourth-order valence-electron chi connectivity index (χ4n) is 3.12. The second kappa shape index (κ2) is 8.90. The van der Waals surface area contributed by atoms with Crippen LogP contribution >= 0.6 is 0 Å². The Hall–Kier alpha value is -1.55. The van der Waals surface area contributed by atoms with Crippen molar-refractivity contribution in [3.63, 3.8) is 0 Å². The molecular formula is C17H28N4O4S. The van der Waals surface area contributed by atoms with Crippen molar-refractivity contribution in [2.75, 3.05) is 13.1 Å². The molecule has 4 N–H and O–H groups in total. The first-order valence-electron chi connectivity index (χ1n) is 8.88. The minimum absolute atomic E-state index is 0.133. The van der Waals surface area contributed by atoms with E-state index in [1.165, 1.54) is 12.3 Å². The summed E-state index contributed by atoms with van der Waals surface area (Å²) in [6, 6.07) is 2.65. The quantitative estimate of drug-likeness (QED) is 0.634. The average molecular weight is 385 g/mol. The molecule has 1 amide bonds. The number of sulfonamides is 1. The third-order valence-corrected chi connectivity index (χ3v) is 6.11. The Morgan fingerprint density at radius 3 is 2.81 bits per heavy atom. The number of carbonyl (C=O) groups is 1. The van der Waals surface area contributed by atoms with Gasteiger partial charge in [-0.05, 0) is 43.9 Å². The molecule has 9 heteroatoms.